The Labute approximate surface area is 167 Å². The first-order valence-electron chi connectivity index (χ1n) is 9.59. The van der Waals surface area contributed by atoms with Crippen LogP contribution in [0.3, 0.4) is 0 Å². The number of amides is 1. The summed E-state index contributed by atoms with van der Waals surface area (Å²) in [5.74, 6) is -0.122. The predicted molar refractivity (Wildman–Crippen MR) is 110 cm³/mol. The van der Waals surface area contributed by atoms with Crippen LogP contribution in [0, 0.1) is 0 Å². The van der Waals surface area contributed by atoms with Crippen LogP contribution in [0.1, 0.15) is 46.3 Å². The normalized spacial score (nSPS) is 15.7. The number of sulfonamides is 1. The lowest BCUT2D eigenvalue weighted by Gasteiger charge is -2.30. The van der Waals surface area contributed by atoms with Gasteiger partial charge in [0.15, 0.2) is 0 Å². The number of nitrogens with two attached hydrogens (primary N) is 1. The van der Waals surface area contributed by atoms with Crippen LogP contribution in [0.5, 0.6) is 0 Å². The molecule has 0 fully saturated rings. The molecule has 0 saturated carbocycles. The fraction of sp³-hybridized carbons (Fsp3) is 0.381. The Hall–Kier alpha value is -2.22. The molecule has 1 amide bonds. The monoisotopic (exact) mass is 401 g/mol. The number of nitrogens with zero attached hydrogens (tertiary/aromatic N) is 2. The Kier molecular flexibility index (Phi) is 6.17. The molecule has 1 atom stereocenters. The highest BCUT2D eigenvalue weighted by Crippen LogP contribution is 2.27. The molecular weight excluding hydrogens is 374 g/mol. The summed E-state index contributed by atoms with van der Waals surface area (Å²) in [5, 5.41) is -1.21. The van der Waals surface area contributed by atoms with Crippen molar-refractivity contribution in [2.45, 2.75) is 32.2 Å². The average molecular weight is 402 g/mol. The van der Waals surface area contributed by atoms with Crippen LogP contribution in [0.4, 0.5) is 0 Å². The second kappa shape index (κ2) is 8.43. The Morgan fingerprint density at radius 3 is 2.46 bits per heavy atom. The number of fused-ring (bicyclic) bond motifs is 1. The summed E-state index contributed by atoms with van der Waals surface area (Å²) in [4.78, 5) is 14.3. The van der Waals surface area contributed by atoms with E-state index in [0.29, 0.717) is 43.7 Å². The van der Waals surface area contributed by atoms with Crippen molar-refractivity contribution in [3.8, 4) is 0 Å². The van der Waals surface area contributed by atoms with E-state index in [1.165, 1.54) is 9.87 Å². The number of carbonyl (C=O) groups is 1. The molecule has 2 N–H and O–H groups in total. The van der Waals surface area contributed by atoms with Gasteiger partial charge in [-0.15, -0.1) is 0 Å². The number of hydrogen-bond acceptors (Lipinski definition) is 4. The zero-order valence-corrected chi connectivity index (χ0v) is 17.2. The highest BCUT2D eigenvalue weighted by atomic mass is 32.2. The third kappa shape index (κ3) is 3.97. The third-order valence-electron chi connectivity index (χ3n) is 5.29. The molecule has 7 heteroatoms. The van der Waals surface area contributed by atoms with Gasteiger partial charge in [0.1, 0.15) is 5.37 Å². The van der Waals surface area contributed by atoms with Crippen LogP contribution in [0.15, 0.2) is 48.5 Å². The van der Waals surface area contributed by atoms with E-state index in [4.69, 9.17) is 5.73 Å². The molecule has 1 aliphatic heterocycles. The summed E-state index contributed by atoms with van der Waals surface area (Å²) in [6, 6.07) is 14.5. The lowest BCUT2D eigenvalue weighted by atomic mass is 10.0. The van der Waals surface area contributed by atoms with E-state index in [1.807, 2.05) is 38.1 Å². The Morgan fingerprint density at radius 1 is 1.11 bits per heavy atom. The van der Waals surface area contributed by atoms with Crippen LogP contribution in [0.25, 0.3) is 0 Å². The summed E-state index contributed by atoms with van der Waals surface area (Å²) >= 11 is 0. The summed E-state index contributed by atoms with van der Waals surface area (Å²) in [5.41, 5.74) is 9.25. The van der Waals surface area contributed by atoms with Crippen LogP contribution < -0.4 is 5.73 Å². The van der Waals surface area contributed by atoms with Gasteiger partial charge >= 0.3 is 0 Å². The van der Waals surface area contributed by atoms with Crippen molar-refractivity contribution >= 4 is 15.9 Å². The van der Waals surface area contributed by atoms with Crippen molar-refractivity contribution in [3.05, 3.63) is 70.8 Å². The minimum atomic E-state index is -3.75. The van der Waals surface area contributed by atoms with Gasteiger partial charge in [0.25, 0.3) is 5.91 Å². The van der Waals surface area contributed by atoms with E-state index in [0.717, 1.165) is 5.56 Å². The summed E-state index contributed by atoms with van der Waals surface area (Å²) in [6.45, 7) is 5.74. The molecule has 1 aliphatic rings. The highest BCUT2D eigenvalue weighted by Gasteiger charge is 2.33. The molecule has 3 rings (SSSR count). The maximum absolute atomic E-state index is 13.1. The molecule has 2 aromatic rings. The van der Waals surface area contributed by atoms with Crippen LogP contribution in [0.2, 0.25) is 0 Å². The van der Waals surface area contributed by atoms with Crippen molar-refractivity contribution in [2.75, 3.05) is 19.6 Å². The van der Waals surface area contributed by atoms with Crippen molar-refractivity contribution in [3.63, 3.8) is 0 Å². The third-order valence-corrected chi connectivity index (χ3v) is 7.23. The molecule has 2 aromatic carbocycles. The fourth-order valence-electron chi connectivity index (χ4n) is 3.56. The quantitative estimate of drug-likeness (QED) is 0.806. The SMILES string of the molecule is CCN(CC)C(=O)c1cccc(C(N)S(=O)(=O)N2CCc3ccccc3C2)c1. The van der Waals surface area contributed by atoms with Gasteiger partial charge < -0.3 is 10.6 Å². The minimum Gasteiger partial charge on any atom is -0.339 e. The number of rotatable bonds is 6. The van der Waals surface area contributed by atoms with E-state index in [1.54, 1.807) is 29.2 Å². The first kappa shape index (κ1) is 20.5. The molecule has 1 heterocycles. The number of benzene rings is 2. The van der Waals surface area contributed by atoms with Crippen LogP contribution >= 0.6 is 0 Å². The van der Waals surface area contributed by atoms with E-state index >= 15 is 0 Å². The minimum absolute atomic E-state index is 0.122. The Morgan fingerprint density at radius 2 is 1.79 bits per heavy atom. The first-order chi connectivity index (χ1) is 13.4. The molecule has 0 spiro atoms. The van der Waals surface area contributed by atoms with Crippen molar-refractivity contribution in [1.29, 1.82) is 0 Å². The van der Waals surface area contributed by atoms with E-state index in [-0.39, 0.29) is 5.91 Å². The van der Waals surface area contributed by atoms with Crippen molar-refractivity contribution < 1.29 is 13.2 Å². The van der Waals surface area contributed by atoms with Gasteiger partial charge in [-0.2, -0.15) is 4.31 Å². The highest BCUT2D eigenvalue weighted by molar-refractivity contribution is 7.89. The van der Waals surface area contributed by atoms with Crippen LogP contribution in [-0.4, -0.2) is 43.2 Å². The van der Waals surface area contributed by atoms with Crippen molar-refractivity contribution in [1.82, 2.24) is 9.21 Å². The van der Waals surface area contributed by atoms with Gasteiger partial charge in [-0.1, -0.05) is 36.4 Å². The second-order valence-corrected chi connectivity index (χ2v) is 8.97. The maximum Gasteiger partial charge on any atom is 0.253 e. The smallest absolute Gasteiger partial charge is 0.253 e. The topological polar surface area (TPSA) is 83.7 Å². The van der Waals surface area contributed by atoms with Gasteiger partial charge in [0, 0.05) is 31.7 Å². The van der Waals surface area contributed by atoms with Crippen molar-refractivity contribution in [2.24, 2.45) is 5.73 Å². The lowest BCUT2D eigenvalue weighted by Crippen LogP contribution is -2.41. The van der Waals surface area contributed by atoms with Gasteiger partial charge in [0.05, 0.1) is 0 Å². The second-order valence-electron chi connectivity index (χ2n) is 6.92. The predicted octanol–water partition coefficient (Wildman–Crippen LogP) is 2.51. The molecule has 0 aromatic heterocycles. The fourth-order valence-corrected chi connectivity index (χ4v) is 5.04. The molecule has 6 nitrogen and oxygen atoms in total. The van der Waals surface area contributed by atoms with Crippen LogP contribution in [-0.2, 0) is 23.0 Å². The standard InChI is InChI=1S/C21H27N3O3S/c1-3-23(4-2)21(25)18-11-7-10-17(14-18)20(22)28(26,27)24-13-12-16-8-5-6-9-19(16)15-24/h5-11,14,20H,3-4,12-13,15,22H2,1-2H3. The maximum atomic E-state index is 13.1. The zero-order valence-electron chi connectivity index (χ0n) is 16.3. The summed E-state index contributed by atoms with van der Waals surface area (Å²) in [7, 11) is -3.75. The Bertz CT molecular complexity index is 955. The molecule has 0 aliphatic carbocycles. The van der Waals surface area contributed by atoms with E-state index in [2.05, 4.69) is 0 Å². The van der Waals surface area contributed by atoms with E-state index < -0.39 is 15.4 Å². The number of hydrogen-bond donors (Lipinski definition) is 1. The molecule has 28 heavy (non-hydrogen) atoms. The zero-order chi connectivity index (χ0) is 20.3. The summed E-state index contributed by atoms with van der Waals surface area (Å²) < 4.78 is 27.7. The van der Waals surface area contributed by atoms with E-state index in [9.17, 15) is 13.2 Å². The molecule has 0 bridgehead atoms. The summed E-state index contributed by atoms with van der Waals surface area (Å²) in [6.07, 6.45) is 0.669. The lowest BCUT2D eigenvalue weighted by molar-refractivity contribution is 0.0773. The average Bonchev–Trinajstić information content (AvgIpc) is 2.73. The van der Waals surface area contributed by atoms with Gasteiger partial charge in [-0.3, -0.25) is 4.79 Å². The first-order valence-corrected chi connectivity index (χ1v) is 11.1. The van der Waals surface area contributed by atoms with Gasteiger partial charge in [-0.25, -0.2) is 8.42 Å². The number of carbonyl (C=O) groups excluding carboxylic acids is 1. The van der Waals surface area contributed by atoms with Gasteiger partial charge in [0.2, 0.25) is 10.0 Å². The molecular formula is C21H27N3O3S. The molecule has 0 radical (unpaired) electrons. The molecule has 150 valence electrons. The van der Waals surface area contributed by atoms with Gasteiger partial charge in [-0.05, 0) is 49.1 Å². The molecule has 1 unspecified atom stereocenters. The largest absolute Gasteiger partial charge is 0.339 e. The molecule has 0 saturated heterocycles. The Balaban J connectivity index is 1.84.